The quantitative estimate of drug-likeness (QED) is 0.486. The molecule has 0 aliphatic carbocycles. The van der Waals surface area contributed by atoms with Crippen LogP contribution >= 0.6 is 11.6 Å². The summed E-state index contributed by atoms with van der Waals surface area (Å²) >= 11 is 5.55. The van der Waals surface area contributed by atoms with Gasteiger partial charge in [-0.3, -0.25) is 9.59 Å². The molecule has 0 amide bonds. The number of hydrogen-bond acceptors (Lipinski definition) is 3. The molecule has 15 heavy (non-hydrogen) atoms. The van der Waals surface area contributed by atoms with Crippen LogP contribution in [0.15, 0.2) is 18.3 Å². The van der Waals surface area contributed by atoms with Crippen LogP contribution in [0.5, 0.6) is 0 Å². The second kappa shape index (κ2) is 4.89. The van der Waals surface area contributed by atoms with Gasteiger partial charge in [0, 0.05) is 11.8 Å². The van der Waals surface area contributed by atoms with Gasteiger partial charge in [-0.2, -0.15) is 0 Å². The van der Waals surface area contributed by atoms with E-state index in [2.05, 4.69) is 4.98 Å². The van der Waals surface area contributed by atoms with E-state index in [0.717, 1.165) is 0 Å². The fraction of sp³-hybridized carbons (Fsp3) is 0.300. The molecule has 1 N–H and O–H groups in total. The first kappa shape index (κ1) is 11.7. The Kier molecular flexibility index (Phi) is 3.80. The number of carboxylic acids is 1. The second-order valence-electron chi connectivity index (χ2n) is 3.03. The third kappa shape index (κ3) is 2.76. The minimum atomic E-state index is -1.11. The van der Waals surface area contributed by atoms with Gasteiger partial charge in [0.05, 0.1) is 0 Å². The summed E-state index contributed by atoms with van der Waals surface area (Å²) in [6.45, 7) is 1.65. The lowest BCUT2D eigenvalue weighted by atomic mass is 9.97. The molecule has 0 fully saturated rings. The number of hydrogen-bond donors (Lipinski definition) is 1. The molecule has 1 unspecified atom stereocenters. The van der Waals surface area contributed by atoms with Gasteiger partial charge in [-0.25, -0.2) is 4.98 Å². The van der Waals surface area contributed by atoms with Crippen LogP contribution in [-0.4, -0.2) is 21.8 Å². The summed E-state index contributed by atoms with van der Waals surface area (Å²) in [4.78, 5) is 26.1. The van der Waals surface area contributed by atoms with E-state index >= 15 is 0 Å². The van der Waals surface area contributed by atoms with Crippen LogP contribution < -0.4 is 0 Å². The van der Waals surface area contributed by atoms with Crippen molar-refractivity contribution in [1.29, 1.82) is 0 Å². The number of Topliss-reactive ketones (excluding diaryl/α,β-unsaturated/α-hetero) is 1. The Hall–Kier alpha value is -1.42. The average Bonchev–Trinajstić information content (AvgIpc) is 2.19. The van der Waals surface area contributed by atoms with Gasteiger partial charge in [-0.1, -0.05) is 18.5 Å². The highest BCUT2D eigenvalue weighted by molar-refractivity contribution is 6.29. The van der Waals surface area contributed by atoms with Crippen LogP contribution in [0.25, 0.3) is 0 Å². The number of carbonyl (C=O) groups is 2. The normalized spacial score (nSPS) is 12.1. The number of carboxylic acid groups (broad SMARTS) is 1. The predicted molar refractivity (Wildman–Crippen MR) is 55.0 cm³/mol. The van der Waals surface area contributed by atoms with Gasteiger partial charge in [0.15, 0.2) is 5.78 Å². The molecule has 0 saturated carbocycles. The molecule has 0 radical (unpaired) electrons. The maximum atomic E-state index is 11.7. The molecular weight excluding hydrogens is 218 g/mol. The largest absolute Gasteiger partial charge is 0.481 e. The van der Waals surface area contributed by atoms with E-state index in [4.69, 9.17) is 16.7 Å². The van der Waals surface area contributed by atoms with E-state index in [1.165, 1.54) is 18.3 Å². The van der Waals surface area contributed by atoms with Crippen molar-refractivity contribution in [2.24, 2.45) is 5.92 Å². The second-order valence-corrected chi connectivity index (χ2v) is 3.42. The molecule has 1 aromatic heterocycles. The Morgan fingerprint density at radius 3 is 2.60 bits per heavy atom. The zero-order valence-electron chi connectivity index (χ0n) is 8.11. The predicted octanol–water partition coefficient (Wildman–Crippen LogP) is 2.03. The average molecular weight is 228 g/mol. The van der Waals surface area contributed by atoms with Crippen molar-refractivity contribution < 1.29 is 14.7 Å². The summed E-state index contributed by atoms with van der Waals surface area (Å²) in [5.74, 6) is -2.56. The van der Waals surface area contributed by atoms with Gasteiger partial charge in [0.2, 0.25) is 0 Å². The van der Waals surface area contributed by atoms with Crippen molar-refractivity contribution >= 4 is 23.4 Å². The van der Waals surface area contributed by atoms with Gasteiger partial charge in [-0.15, -0.1) is 0 Å². The number of aromatic nitrogens is 1. The van der Waals surface area contributed by atoms with E-state index < -0.39 is 17.7 Å². The minimum Gasteiger partial charge on any atom is -0.481 e. The van der Waals surface area contributed by atoms with Crippen LogP contribution in [0, 0.1) is 5.92 Å². The highest BCUT2D eigenvalue weighted by Gasteiger charge is 2.25. The molecule has 1 aromatic rings. The van der Waals surface area contributed by atoms with Crippen LogP contribution in [0.3, 0.4) is 0 Å². The van der Waals surface area contributed by atoms with E-state index in [0.29, 0.717) is 0 Å². The molecule has 0 spiro atoms. The smallest absolute Gasteiger partial charge is 0.314 e. The molecule has 0 saturated heterocycles. The summed E-state index contributed by atoms with van der Waals surface area (Å²) < 4.78 is 0. The minimum absolute atomic E-state index is 0.261. The molecule has 4 nitrogen and oxygen atoms in total. The molecule has 0 aliphatic rings. The lowest BCUT2D eigenvalue weighted by Crippen LogP contribution is -2.23. The molecule has 0 aliphatic heterocycles. The number of aliphatic carboxylic acids is 1. The molecule has 1 heterocycles. The van der Waals surface area contributed by atoms with Gasteiger partial charge in [-0.05, 0) is 18.6 Å². The topological polar surface area (TPSA) is 67.3 Å². The molecule has 0 bridgehead atoms. The zero-order chi connectivity index (χ0) is 11.4. The van der Waals surface area contributed by atoms with Crippen molar-refractivity contribution in [1.82, 2.24) is 4.98 Å². The summed E-state index contributed by atoms with van der Waals surface area (Å²) in [6.07, 6.45) is 1.55. The molecule has 5 heteroatoms. The third-order valence-electron chi connectivity index (χ3n) is 2.03. The lowest BCUT2D eigenvalue weighted by Gasteiger charge is -2.07. The van der Waals surface area contributed by atoms with E-state index in [-0.39, 0.29) is 17.1 Å². The van der Waals surface area contributed by atoms with E-state index in [9.17, 15) is 9.59 Å². The molecular formula is C10H10ClNO3. The summed E-state index contributed by atoms with van der Waals surface area (Å²) in [5.41, 5.74) is 0.272. The first-order valence-corrected chi connectivity index (χ1v) is 4.82. The van der Waals surface area contributed by atoms with Crippen LogP contribution in [-0.2, 0) is 4.79 Å². The summed E-state index contributed by atoms with van der Waals surface area (Å²) in [7, 11) is 0. The van der Waals surface area contributed by atoms with Crippen molar-refractivity contribution in [2.45, 2.75) is 13.3 Å². The summed E-state index contributed by atoms with van der Waals surface area (Å²) in [5, 5.41) is 9.07. The van der Waals surface area contributed by atoms with Crippen LogP contribution in [0.2, 0.25) is 5.15 Å². The Morgan fingerprint density at radius 2 is 2.20 bits per heavy atom. The van der Waals surface area contributed by atoms with Crippen LogP contribution in [0.4, 0.5) is 0 Å². The summed E-state index contributed by atoms with van der Waals surface area (Å²) in [6, 6.07) is 2.94. The SMILES string of the molecule is CCC(C(=O)O)C(=O)c1ccc(Cl)nc1. The Labute approximate surface area is 91.9 Å². The van der Waals surface area contributed by atoms with Gasteiger partial charge in [0.1, 0.15) is 11.1 Å². The fourth-order valence-electron chi connectivity index (χ4n) is 1.19. The Balaban J connectivity index is 2.93. The first-order valence-electron chi connectivity index (χ1n) is 4.44. The van der Waals surface area contributed by atoms with E-state index in [1.807, 2.05) is 0 Å². The maximum absolute atomic E-state index is 11.7. The Morgan fingerprint density at radius 1 is 1.53 bits per heavy atom. The van der Waals surface area contributed by atoms with Gasteiger partial charge in [0.25, 0.3) is 0 Å². The van der Waals surface area contributed by atoms with Crippen molar-refractivity contribution in [3.05, 3.63) is 29.0 Å². The zero-order valence-corrected chi connectivity index (χ0v) is 8.86. The number of ketones is 1. The molecule has 1 atom stereocenters. The standard InChI is InChI=1S/C10H10ClNO3/c1-2-7(10(14)15)9(13)6-3-4-8(11)12-5-6/h3-5,7H,2H2,1H3,(H,14,15). The lowest BCUT2D eigenvalue weighted by molar-refractivity contribution is -0.140. The van der Waals surface area contributed by atoms with Crippen molar-refractivity contribution in [3.8, 4) is 0 Å². The highest BCUT2D eigenvalue weighted by atomic mass is 35.5. The maximum Gasteiger partial charge on any atom is 0.314 e. The number of halogens is 1. The van der Waals surface area contributed by atoms with Gasteiger partial charge >= 0.3 is 5.97 Å². The van der Waals surface area contributed by atoms with E-state index in [1.54, 1.807) is 6.92 Å². The van der Waals surface area contributed by atoms with Crippen molar-refractivity contribution in [3.63, 3.8) is 0 Å². The van der Waals surface area contributed by atoms with Crippen LogP contribution in [0.1, 0.15) is 23.7 Å². The molecule has 0 aromatic carbocycles. The number of rotatable bonds is 4. The number of nitrogens with zero attached hydrogens (tertiary/aromatic N) is 1. The molecule has 1 rings (SSSR count). The molecule has 80 valence electrons. The monoisotopic (exact) mass is 227 g/mol. The number of pyridine rings is 1. The fourth-order valence-corrected chi connectivity index (χ4v) is 1.31. The van der Waals surface area contributed by atoms with Gasteiger partial charge < -0.3 is 5.11 Å². The Bertz CT molecular complexity index is 375. The number of carbonyl (C=O) groups excluding carboxylic acids is 1. The van der Waals surface area contributed by atoms with Crippen molar-refractivity contribution in [2.75, 3.05) is 0 Å². The third-order valence-corrected chi connectivity index (χ3v) is 2.26. The first-order chi connectivity index (χ1) is 7.06. The highest BCUT2D eigenvalue weighted by Crippen LogP contribution is 2.13.